The van der Waals surface area contributed by atoms with E-state index in [1.165, 1.54) is 0 Å². The summed E-state index contributed by atoms with van der Waals surface area (Å²) in [6.07, 6.45) is 4.40. The second-order valence-electron chi connectivity index (χ2n) is 15.6. The van der Waals surface area contributed by atoms with Gasteiger partial charge in [0.1, 0.15) is 33.9 Å². The molecule has 2 aliphatic rings. The molecular formula is C43H51N13O7. The van der Waals surface area contributed by atoms with E-state index in [2.05, 4.69) is 25.7 Å². The number of anilines is 2. The molecule has 8 rings (SSSR count). The van der Waals surface area contributed by atoms with Crippen molar-refractivity contribution in [2.45, 2.75) is 60.3 Å². The number of nitrogens with one attached hydrogen (secondary N) is 2. The predicted octanol–water partition coefficient (Wildman–Crippen LogP) is 3.50. The first-order valence-corrected chi connectivity index (χ1v) is 21.0. The Morgan fingerprint density at radius 2 is 1.16 bits per heavy atom. The van der Waals surface area contributed by atoms with Gasteiger partial charge in [0.15, 0.2) is 0 Å². The molecule has 1 saturated heterocycles. The molecule has 0 radical (unpaired) electrons. The Labute approximate surface area is 362 Å². The number of amides is 4. The van der Waals surface area contributed by atoms with Crippen LogP contribution < -0.4 is 31.6 Å². The lowest BCUT2D eigenvalue weighted by Crippen LogP contribution is -2.38. The monoisotopic (exact) mass is 861 g/mol. The molecule has 0 spiro atoms. The van der Waals surface area contributed by atoms with Gasteiger partial charge in [-0.1, -0.05) is 12.2 Å². The van der Waals surface area contributed by atoms with Crippen LogP contribution in [0.15, 0.2) is 48.6 Å². The first-order valence-electron chi connectivity index (χ1n) is 21.0. The molecule has 20 heteroatoms. The van der Waals surface area contributed by atoms with Gasteiger partial charge in [0.05, 0.1) is 48.8 Å². The zero-order valence-corrected chi connectivity index (χ0v) is 35.7. The average molecular weight is 862 g/mol. The van der Waals surface area contributed by atoms with Gasteiger partial charge in [0, 0.05) is 56.3 Å². The quantitative estimate of drug-likeness (QED) is 0.137. The van der Waals surface area contributed by atoms with E-state index in [1.54, 1.807) is 54.9 Å². The molecule has 0 aliphatic carbocycles. The second kappa shape index (κ2) is 18.1. The van der Waals surface area contributed by atoms with E-state index in [-0.39, 0.29) is 55.2 Å². The van der Waals surface area contributed by atoms with Gasteiger partial charge in [0.25, 0.3) is 11.8 Å². The largest absolute Gasteiger partial charge is 0.491 e. The van der Waals surface area contributed by atoms with Crippen molar-refractivity contribution >= 4 is 57.6 Å². The molecule has 4 amide bonds. The van der Waals surface area contributed by atoms with Crippen LogP contribution in [0, 0.1) is 19.8 Å². The number of rotatable bonds is 11. The van der Waals surface area contributed by atoms with E-state index in [0.717, 1.165) is 19.6 Å². The second-order valence-corrected chi connectivity index (χ2v) is 15.6. The summed E-state index contributed by atoms with van der Waals surface area (Å²) in [5.74, 6) is -1.35. The van der Waals surface area contributed by atoms with Crippen LogP contribution in [0.2, 0.25) is 0 Å². The molecule has 0 atom stereocenters. The maximum absolute atomic E-state index is 13.9. The van der Waals surface area contributed by atoms with Crippen LogP contribution in [0.1, 0.15) is 73.3 Å². The number of benzene rings is 2. The summed E-state index contributed by atoms with van der Waals surface area (Å²) < 4.78 is 25.7. The van der Waals surface area contributed by atoms with Gasteiger partial charge in [-0.3, -0.25) is 44.1 Å². The van der Waals surface area contributed by atoms with Crippen molar-refractivity contribution in [3.05, 3.63) is 82.5 Å². The molecule has 4 aromatic heterocycles. The highest BCUT2D eigenvalue weighted by atomic mass is 16.5. The van der Waals surface area contributed by atoms with Gasteiger partial charge in [-0.25, -0.2) is 9.97 Å². The van der Waals surface area contributed by atoms with Crippen molar-refractivity contribution in [2.24, 2.45) is 17.4 Å². The summed E-state index contributed by atoms with van der Waals surface area (Å²) in [4.78, 5) is 65.0. The Bertz CT molecular complexity index is 2580. The molecule has 330 valence electrons. The number of aromatic nitrogens is 8. The third kappa shape index (κ3) is 8.98. The number of hydrogen-bond donors (Lipinski definition) is 4. The fourth-order valence-corrected chi connectivity index (χ4v) is 7.96. The molecule has 2 aromatic carbocycles. The number of ether oxygens (including phenoxy) is 3. The number of allylic oxidation sites excluding steroid dienone is 2. The summed E-state index contributed by atoms with van der Waals surface area (Å²) >= 11 is 0. The molecule has 6 N–H and O–H groups in total. The third-order valence-electron chi connectivity index (χ3n) is 11.2. The molecule has 6 heterocycles. The number of aryl methyl sites for hydroxylation is 4. The van der Waals surface area contributed by atoms with Gasteiger partial charge in [-0.15, -0.1) is 0 Å². The minimum atomic E-state index is -0.673. The molecule has 0 saturated carbocycles. The van der Waals surface area contributed by atoms with Crippen LogP contribution in [-0.2, 0) is 30.9 Å². The molecule has 20 nitrogen and oxygen atoms in total. The molecule has 2 aliphatic heterocycles. The zero-order chi connectivity index (χ0) is 44.4. The first kappa shape index (κ1) is 42.6. The average Bonchev–Trinajstić information content (AvgIpc) is 4.03. The van der Waals surface area contributed by atoms with E-state index in [9.17, 15) is 19.2 Å². The number of nitrogens with two attached hydrogens (primary N) is 2. The summed E-state index contributed by atoms with van der Waals surface area (Å²) in [5, 5.41) is 14.8. The lowest BCUT2D eigenvalue weighted by atomic mass is 10.1. The van der Waals surface area contributed by atoms with Crippen molar-refractivity contribution in [2.75, 3.05) is 56.7 Å². The fourth-order valence-electron chi connectivity index (χ4n) is 7.96. The van der Waals surface area contributed by atoms with Crippen LogP contribution in [0.4, 0.5) is 11.9 Å². The zero-order valence-electron chi connectivity index (χ0n) is 35.7. The molecule has 1 fully saturated rings. The maximum Gasteiger partial charge on any atom is 0.276 e. The van der Waals surface area contributed by atoms with Crippen LogP contribution in [-0.4, -0.2) is 113 Å². The lowest BCUT2D eigenvalue weighted by Gasteiger charge is -2.28. The van der Waals surface area contributed by atoms with E-state index in [4.69, 9.17) is 35.6 Å². The van der Waals surface area contributed by atoms with Crippen LogP contribution in [0.3, 0.4) is 0 Å². The van der Waals surface area contributed by atoms with Gasteiger partial charge in [0.2, 0.25) is 23.7 Å². The Hall–Kier alpha value is -7.06. The summed E-state index contributed by atoms with van der Waals surface area (Å²) in [6.45, 7) is 12.6. The Balaban J connectivity index is 1.25. The lowest BCUT2D eigenvalue weighted by molar-refractivity contribution is 0.0326. The van der Waals surface area contributed by atoms with Crippen LogP contribution in [0.25, 0.3) is 22.1 Å². The molecule has 0 unspecified atom stereocenters. The van der Waals surface area contributed by atoms with E-state index in [0.29, 0.717) is 89.1 Å². The minimum Gasteiger partial charge on any atom is -0.491 e. The van der Waals surface area contributed by atoms with Gasteiger partial charge in [-0.05, 0) is 77.1 Å². The standard InChI is InChI=1S/C43H51N13O7/c1-5-55-32(17-25(3)50-55)40(59)48-42-46-30-19-28(38(44)57)21-34-36(30)53(42)10-7-8-11-54-37-31(47-43(54)49-41(60)33-18-26(4)51-56(33)6-2)20-29(39(45)58)22-35(37)63-24-27(23-62-34)9-12-52-13-15-61-16-14-52/h7-8,17-22,27H,5-6,9-16,23-24H2,1-4H3,(H2,44,57)(H2,45,58)(H,46,48,59)(H,47,49,60)/b8-7+. The molecule has 0 bridgehead atoms. The molecule has 6 aromatic rings. The van der Waals surface area contributed by atoms with Gasteiger partial charge >= 0.3 is 0 Å². The summed E-state index contributed by atoms with van der Waals surface area (Å²) in [5.41, 5.74) is 15.9. The van der Waals surface area contributed by atoms with Crippen LogP contribution in [0.5, 0.6) is 11.5 Å². The highest BCUT2D eigenvalue weighted by Gasteiger charge is 2.26. The summed E-state index contributed by atoms with van der Waals surface area (Å²) in [7, 11) is 0. The smallest absolute Gasteiger partial charge is 0.276 e. The summed E-state index contributed by atoms with van der Waals surface area (Å²) in [6, 6.07) is 9.73. The number of nitrogens with zero attached hydrogens (tertiary/aromatic N) is 9. The topological polar surface area (TPSA) is 247 Å². The first-order chi connectivity index (χ1) is 30.4. The molecule has 63 heavy (non-hydrogen) atoms. The third-order valence-corrected chi connectivity index (χ3v) is 11.2. The number of primary amides is 2. The Morgan fingerprint density at radius 3 is 1.59 bits per heavy atom. The Kier molecular flexibility index (Phi) is 12.3. The van der Waals surface area contributed by atoms with E-state index >= 15 is 0 Å². The minimum absolute atomic E-state index is 0.142. The van der Waals surface area contributed by atoms with Crippen molar-refractivity contribution in [3.63, 3.8) is 0 Å². The maximum atomic E-state index is 13.9. The van der Waals surface area contributed by atoms with E-state index in [1.807, 2.05) is 39.8 Å². The van der Waals surface area contributed by atoms with Gasteiger partial charge < -0.3 is 34.8 Å². The highest BCUT2D eigenvalue weighted by molar-refractivity contribution is 6.05. The van der Waals surface area contributed by atoms with Crippen molar-refractivity contribution in [3.8, 4) is 11.5 Å². The number of morpholine rings is 1. The highest BCUT2D eigenvalue weighted by Crippen LogP contribution is 2.34. The van der Waals surface area contributed by atoms with E-state index < -0.39 is 23.6 Å². The van der Waals surface area contributed by atoms with Crippen molar-refractivity contribution < 1.29 is 33.4 Å². The Morgan fingerprint density at radius 1 is 0.698 bits per heavy atom. The predicted molar refractivity (Wildman–Crippen MR) is 233 cm³/mol. The SMILES string of the molecule is CCn1nc(C)cc1C(=O)Nc1nc2cc(C(N)=O)cc3c2n1C/C=C/Cn1c(NC(=O)c2cc(C)nn2CC)nc2cc(C(N)=O)cc(c21)OCC(CCN1CCOCC1)CO3. The number of imidazole rings is 2. The van der Waals surface area contributed by atoms with Crippen molar-refractivity contribution in [1.82, 2.24) is 43.6 Å². The number of carbonyl (C=O) groups excluding carboxylic acids is 4. The van der Waals surface area contributed by atoms with Gasteiger partial charge in [-0.2, -0.15) is 10.2 Å². The number of carbonyl (C=O) groups is 4. The van der Waals surface area contributed by atoms with Crippen molar-refractivity contribution in [1.29, 1.82) is 0 Å². The number of hydrogen-bond acceptors (Lipinski definition) is 12. The fraction of sp³-hybridized carbons (Fsp3) is 0.395. The molecular weight excluding hydrogens is 811 g/mol. The van der Waals surface area contributed by atoms with Crippen LogP contribution >= 0.6 is 0 Å². The normalized spacial score (nSPS) is 15.6.